The molecule has 0 saturated heterocycles. The van der Waals surface area contributed by atoms with Gasteiger partial charge in [0.25, 0.3) is 5.89 Å². The second kappa shape index (κ2) is 4.90. The fourth-order valence-electron chi connectivity index (χ4n) is 1.89. The highest BCUT2D eigenvalue weighted by Gasteiger charge is 2.14. The second-order valence-corrected chi connectivity index (χ2v) is 5.35. The van der Waals surface area contributed by atoms with E-state index >= 15 is 0 Å². The van der Waals surface area contributed by atoms with Crippen LogP contribution in [0.5, 0.6) is 0 Å². The molecule has 7 heteroatoms. The van der Waals surface area contributed by atoms with Crippen LogP contribution in [0.15, 0.2) is 22.2 Å². The van der Waals surface area contributed by atoms with Gasteiger partial charge in [0.1, 0.15) is 16.8 Å². The topological polar surface area (TPSA) is 80.5 Å². The van der Waals surface area contributed by atoms with E-state index in [9.17, 15) is 0 Å². The highest BCUT2D eigenvalue weighted by molar-refractivity contribution is 7.09. The molecule has 0 amide bonds. The normalized spacial score (nSPS) is 10.7. The van der Waals surface area contributed by atoms with Crippen LogP contribution in [0.4, 0.5) is 0 Å². The van der Waals surface area contributed by atoms with E-state index in [4.69, 9.17) is 9.78 Å². The fourth-order valence-corrected chi connectivity index (χ4v) is 2.66. The fraction of sp³-hybridized carbons (Fsp3) is 0.231. The van der Waals surface area contributed by atoms with Gasteiger partial charge in [0.15, 0.2) is 5.82 Å². The molecule has 0 N–H and O–H groups in total. The van der Waals surface area contributed by atoms with E-state index in [1.54, 1.807) is 28.2 Å². The van der Waals surface area contributed by atoms with Crippen molar-refractivity contribution in [2.45, 2.75) is 13.3 Å². The molecule has 6 nitrogen and oxygen atoms in total. The molecule has 0 atom stereocenters. The molecule has 3 aromatic rings. The summed E-state index contributed by atoms with van der Waals surface area (Å²) in [5.41, 5.74) is 2.29. The van der Waals surface area contributed by atoms with Gasteiger partial charge in [-0.3, -0.25) is 0 Å². The highest BCUT2D eigenvalue weighted by Crippen LogP contribution is 2.20. The first-order valence-corrected chi connectivity index (χ1v) is 6.84. The van der Waals surface area contributed by atoms with Crippen molar-refractivity contribution in [3.05, 3.63) is 39.7 Å². The minimum atomic E-state index is 0.414. The van der Waals surface area contributed by atoms with Gasteiger partial charge in [-0.2, -0.15) is 10.2 Å². The van der Waals surface area contributed by atoms with Gasteiger partial charge in [-0.1, -0.05) is 5.16 Å². The first-order chi connectivity index (χ1) is 9.65. The third-order valence-electron chi connectivity index (χ3n) is 2.80. The molecular weight excluding hydrogens is 274 g/mol. The Kier molecular flexibility index (Phi) is 3.08. The molecule has 3 heterocycles. The summed E-state index contributed by atoms with van der Waals surface area (Å²) < 4.78 is 7.05. The quantitative estimate of drug-likeness (QED) is 0.737. The monoisotopic (exact) mass is 285 g/mol. The minimum Gasteiger partial charge on any atom is -0.345 e. The first-order valence-electron chi connectivity index (χ1n) is 5.96. The highest BCUT2D eigenvalue weighted by atomic mass is 32.1. The summed E-state index contributed by atoms with van der Waals surface area (Å²) in [6.07, 6.45) is 2.28. The Balaban J connectivity index is 1.86. The Morgan fingerprint density at radius 2 is 2.30 bits per heavy atom. The third-order valence-corrected chi connectivity index (χ3v) is 3.76. The largest absolute Gasteiger partial charge is 0.345 e. The SMILES string of the molecule is Cc1csc(Cc2noc(-c3cc(C#N)cn3C)n2)n1. The Bertz CT molecular complexity index is 792. The predicted molar refractivity (Wildman–Crippen MR) is 73.1 cm³/mol. The summed E-state index contributed by atoms with van der Waals surface area (Å²) in [5.74, 6) is 1.01. The van der Waals surface area contributed by atoms with Gasteiger partial charge < -0.3 is 9.09 Å². The molecule has 3 aromatic heterocycles. The second-order valence-electron chi connectivity index (χ2n) is 4.41. The van der Waals surface area contributed by atoms with Gasteiger partial charge in [0, 0.05) is 24.3 Å². The molecule has 0 aliphatic rings. The average molecular weight is 285 g/mol. The van der Waals surface area contributed by atoms with E-state index in [-0.39, 0.29) is 0 Å². The zero-order valence-corrected chi connectivity index (χ0v) is 11.8. The molecule has 0 bridgehead atoms. The number of hydrogen-bond donors (Lipinski definition) is 0. The third kappa shape index (κ3) is 2.33. The van der Waals surface area contributed by atoms with Crippen molar-refractivity contribution in [3.63, 3.8) is 0 Å². The van der Waals surface area contributed by atoms with Crippen LogP contribution >= 0.6 is 11.3 Å². The Morgan fingerprint density at radius 3 is 2.95 bits per heavy atom. The van der Waals surface area contributed by atoms with Crippen LogP contribution in [0.3, 0.4) is 0 Å². The molecule has 0 aromatic carbocycles. The van der Waals surface area contributed by atoms with Crippen LogP contribution in [0.2, 0.25) is 0 Å². The lowest BCUT2D eigenvalue weighted by Gasteiger charge is -1.94. The Labute approximate surface area is 119 Å². The zero-order chi connectivity index (χ0) is 14.1. The average Bonchev–Trinajstić information content (AvgIpc) is 3.11. The molecule has 0 fully saturated rings. The summed E-state index contributed by atoms with van der Waals surface area (Å²) in [6.45, 7) is 1.95. The van der Waals surface area contributed by atoms with E-state index in [2.05, 4.69) is 21.2 Å². The lowest BCUT2D eigenvalue weighted by molar-refractivity contribution is 0.421. The van der Waals surface area contributed by atoms with E-state index < -0.39 is 0 Å². The molecule has 100 valence electrons. The number of nitriles is 1. The maximum atomic E-state index is 8.89. The van der Waals surface area contributed by atoms with Crippen LogP contribution in [0.25, 0.3) is 11.6 Å². The standard InChI is InChI=1S/C13H11N5OS/c1-8-7-20-12(15-8)4-11-16-13(19-17-11)10-3-9(5-14)6-18(10)2/h3,6-7H,4H2,1-2H3. The summed E-state index contributed by atoms with van der Waals surface area (Å²) >= 11 is 1.58. The van der Waals surface area contributed by atoms with Gasteiger partial charge >= 0.3 is 0 Å². The van der Waals surface area contributed by atoms with Gasteiger partial charge in [-0.05, 0) is 13.0 Å². The molecule has 0 unspecified atom stereocenters. The van der Waals surface area contributed by atoms with Crippen LogP contribution in [0.1, 0.15) is 22.1 Å². The number of hydrogen-bond acceptors (Lipinski definition) is 6. The van der Waals surface area contributed by atoms with Crippen molar-refractivity contribution >= 4 is 11.3 Å². The molecule has 0 aliphatic carbocycles. The van der Waals surface area contributed by atoms with Crippen molar-refractivity contribution in [3.8, 4) is 17.7 Å². The molecule has 0 saturated carbocycles. The van der Waals surface area contributed by atoms with Crippen molar-refractivity contribution in [2.75, 3.05) is 0 Å². The molecule has 0 radical (unpaired) electrons. The summed E-state index contributed by atoms with van der Waals surface area (Å²) in [4.78, 5) is 8.72. The lowest BCUT2D eigenvalue weighted by atomic mass is 10.3. The molecular formula is C13H11N5OS. The summed E-state index contributed by atoms with van der Waals surface area (Å²) in [6, 6.07) is 3.82. The Morgan fingerprint density at radius 1 is 1.45 bits per heavy atom. The number of thiazole rings is 1. The van der Waals surface area contributed by atoms with E-state index in [0.717, 1.165) is 16.4 Å². The predicted octanol–water partition coefficient (Wildman–Crippen LogP) is 2.30. The van der Waals surface area contributed by atoms with Crippen molar-refractivity contribution in [1.82, 2.24) is 19.7 Å². The Hall–Kier alpha value is -2.46. The van der Waals surface area contributed by atoms with Crippen LogP contribution in [-0.4, -0.2) is 19.7 Å². The maximum Gasteiger partial charge on any atom is 0.274 e. The molecule has 0 spiro atoms. The van der Waals surface area contributed by atoms with Crippen molar-refractivity contribution in [2.24, 2.45) is 7.05 Å². The first kappa shape index (κ1) is 12.6. The van der Waals surface area contributed by atoms with Crippen LogP contribution in [0, 0.1) is 18.3 Å². The van der Waals surface area contributed by atoms with E-state index in [1.807, 2.05) is 19.4 Å². The van der Waals surface area contributed by atoms with Crippen LogP contribution < -0.4 is 0 Å². The summed E-state index contributed by atoms with van der Waals surface area (Å²) in [7, 11) is 1.84. The lowest BCUT2D eigenvalue weighted by Crippen LogP contribution is -1.92. The minimum absolute atomic E-state index is 0.414. The molecule has 0 aliphatic heterocycles. The number of nitrogens with zero attached hydrogens (tertiary/aromatic N) is 5. The summed E-state index contributed by atoms with van der Waals surface area (Å²) in [5, 5.41) is 15.8. The van der Waals surface area contributed by atoms with E-state index in [1.165, 1.54) is 0 Å². The van der Waals surface area contributed by atoms with Crippen molar-refractivity contribution in [1.29, 1.82) is 5.26 Å². The smallest absolute Gasteiger partial charge is 0.274 e. The number of aryl methyl sites for hydroxylation is 2. The zero-order valence-electron chi connectivity index (χ0n) is 11.0. The maximum absolute atomic E-state index is 8.89. The van der Waals surface area contributed by atoms with E-state index in [0.29, 0.717) is 23.7 Å². The molecule has 20 heavy (non-hydrogen) atoms. The number of rotatable bonds is 3. The van der Waals surface area contributed by atoms with Crippen LogP contribution in [-0.2, 0) is 13.5 Å². The van der Waals surface area contributed by atoms with Crippen molar-refractivity contribution < 1.29 is 4.52 Å². The van der Waals surface area contributed by atoms with Gasteiger partial charge in [-0.15, -0.1) is 11.3 Å². The molecule has 3 rings (SSSR count). The van der Waals surface area contributed by atoms with Gasteiger partial charge in [0.05, 0.1) is 12.0 Å². The number of aromatic nitrogens is 4. The van der Waals surface area contributed by atoms with Gasteiger partial charge in [-0.25, -0.2) is 4.98 Å². The van der Waals surface area contributed by atoms with Gasteiger partial charge in [0.2, 0.25) is 0 Å².